The number of anilines is 1. The third kappa shape index (κ3) is 5.45. The Kier molecular flexibility index (Phi) is 6.65. The van der Waals surface area contributed by atoms with Gasteiger partial charge < -0.3 is 13.8 Å². The fourth-order valence-corrected chi connectivity index (χ4v) is 3.19. The van der Waals surface area contributed by atoms with Gasteiger partial charge in [-0.2, -0.15) is 0 Å². The molecule has 13 heteroatoms. The van der Waals surface area contributed by atoms with E-state index in [2.05, 4.69) is 20.7 Å². The molecule has 1 N–H and O–H groups in total. The highest BCUT2D eigenvalue weighted by Crippen LogP contribution is 2.34. The maximum Gasteiger partial charge on any atom is 0.338 e. The molecule has 0 atom stereocenters. The van der Waals surface area contributed by atoms with Crippen LogP contribution in [0.15, 0.2) is 45.2 Å². The number of nitrogens with one attached hydrogen (secondary N) is 1. The Morgan fingerprint density at radius 3 is 2.74 bits per heavy atom. The number of carbonyl (C=O) groups excluding carboxylic acids is 2. The Hall–Kier alpha value is -3.74. The molecule has 31 heavy (non-hydrogen) atoms. The summed E-state index contributed by atoms with van der Waals surface area (Å²) in [5.74, 6) is -1.26. The molecule has 0 aliphatic heterocycles. The molecule has 2 heterocycles. The van der Waals surface area contributed by atoms with E-state index in [4.69, 9.17) is 9.26 Å². The van der Waals surface area contributed by atoms with Gasteiger partial charge in [-0.3, -0.25) is 20.2 Å². The lowest BCUT2D eigenvalue weighted by Crippen LogP contribution is -2.20. The van der Waals surface area contributed by atoms with Crippen LogP contribution in [0, 0.1) is 10.1 Å². The normalized spacial score (nSPS) is 10.8. The van der Waals surface area contributed by atoms with Crippen LogP contribution in [0.5, 0.6) is 0 Å². The van der Waals surface area contributed by atoms with Crippen molar-refractivity contribution < 1.29 is 23.8 Å². The molecule has 0 aliphatic carbocycles. The van der Waals surface area contributed by atoms with Crippen LogP contribution >= 0.6 is 11.8 Å². The number of ether oxygens (including phenoxy) is 1. The van der Waals surface area contributed by atoms with Crippen molar-refractivity contribution >= 4 is 35.2 Å². The second-order valence-electron chi connectivity index (χ2n) is 6.66. The van der Waals surface area contributed by atoms with E-state index >= 15 is 0 Å². The minimum atomic E-state index is -0.881. The molecule has 12 nitrogen and oxygen atoms in total. The molecule has 0 fully saturated rings. The van der Waals surface area contributed by atoms with Gasteiger partial charge in [0.25, 0.3) is 11.6 Å². The largest absolute Gasteiger partial charge is 0.452 e. The van der Waals surface area contributed by atoms with Gasteiger partial charge in [0.15, 0.2) is 11.8 Å². The average Bonchev–Trinajstić information content (AvgIpc) is 3.35. The second kappa shape index (κ2) is 9.38. The lowest BCUT2D eigenvalue weighted by molar-refractivity contribution is -0.387. The highest BCUT2D eigenvalue weighted by Gasteiger charge is 2.21. The number of amides is 1. The van der Waals surface area contributed by atoms with E-state index in [1.165, 1.54) is 18.5 Å². The topological polar surface area (TPSA) is 155 Å². The van der Waals surface area contributed by atoms with Crippen molar-refractivity contribution in [2.24, 2.45) is 7.05 Å². The molecule has 0 unspecified atom stereocenters. The predicted octanol–water partition coefficient (Wildman–Crippen LogP) is 2.78. The van der Waals surface area contributed by atoms with Gasteiger partial charge in [-0.15, -0.1) is 10.2 Å². The number of rotatable bonds is 8. The van der Waals surface area contributed by atoms with E-state index in [0.29, 0.717) is 10.9 Å². The molecule has 0 aliphatic rings. The predicted molar refractivity (Wildman–Crippen MR) is 108 cm³/mol. The minimum Gasteiger partial charge on any atom is -0.452 e. The maximum absolute atomic E-state index is 12.3. The summed E-state index contributed by atoms with van der Waals surface area (Å²) in [6.07, 6.45) is 1.47. The summed E-state index contributed by atoms with van der Waals surface area (Å²) >= 11 is 1.03. The van der Waals surface area contributed by atoms with Gasteiger partial charge >= 0.3 is 5.97 Å². The van der Waals surface area contributed by atoms with E-state index in [1.807, 2.05) is 13.8 Å². The first-order chi connectivity index (χ1) is 14.7. The van der Waals surface area contributed by atoms with E-state index in [-0.39, 0.29) is 27.9 Å². The van der Waals surface area contributed by atoms with Gasteiger partial charge in [0, 0.05) is 19.2 Å². The van der Waals surface area contributed by atoms with Crippen LogP contribution in [0.25, 0.3) is 0 Å². The molecule has 3 rings (SSSR count). The Morgan fingerprint density at radius 1 is 1.35 bits per heavy atom. The highest BCUT2D eigenvalue weighted by atomic mass is 32.2. The summed E-state index contributed by atoms with van der Waals surface area (Å²) < 4.78 is 11.5. The summed E-state index contributed by atoms with van der Waals surface area (Å²) in [5.41, 5.74) is 0.303. The monoisotopic (exact) mass is 446 g/mol. The number of aromatic nitrogens is 4. The summed E-state index contributed by atoms with van der Waals surface area (Å²) in [4.78, 5) is 35.3. The van der Waals surface area contributed by atoms with Gasteiger partial charge in [0.2, 0.25) is 5.88 Å². The van der Waals surface area contributed by atoms with Crippen LogP contribution in [0.1, 0.15) is 35.8 Å². The molecular formula is C18H18N6O6S. The maximum atomic E-state index is 12.3. The Bertz CT molecular complexity index is 1120. The zero-order valence-electron chi connectivity index (χ0n) is 16.8. The van der Waals surface area contributed by atoms with Gasteiger partial charge in [-0.25, -0.2) is 4.79 Å². The molecular weight excluding hydrogens is 428 g/mol. The quantitative estimate of drug-likeness (QED) is 0.310. The molecule has 0 bridgehead atoms. The zero-order valence-corrected chi connectivity index (χ0v) is 17.6. The summed E-state index contributed by atoms with van der Waals surface area (Å²) in [6.45, 7) is 3.24. The number of benzene rings is 1. The molecule has 3 aromatic rings. The molecule has 1 amide bonds. The molecule has 0 saturated carbocycles. The molecule has 2 aromatic heterocycles. The Labute approximate surface area is 180 Å². The lowest BCUT2D eigenvalue weighted by atomic mass is 10.1. The van der Waals surface area contributed by atoms with Crippen molar-refractivity contribution in [3.63, 3.8) is 0 Å². The second-order valence-corrected chi connectivity index (χ2v) is 7.67. The van der Waals surface area contributed by atoms with Crippen molar-refractivity contribution in [2.45, 2.75) is 29.8 Å². The van der Waals surface area contributed by atoms with Crippen LogP contribution in [0.3, 0.4) is 0 Å². The van der Waals surface area contributed by atoms with Crippen molar-refractivity contribution in [2.75, 3.05) is 11.9 Å². The molecule has 0 saturated heterocycles. The van der Waals surface area contributed by atoms with E-state index in [9.17, 15) is 19.7 Å². The summed E-state index contributed by atoms with van der Waals surface area (Å²) in [5, 5.41) is 25.7. The van der Waals surface area contributed by atoms with E-state index < -0.39 is 23.4 Å². The van der Waals surface area contributed by atoms with E-state index in [1.54, 1.807) is 17.7 Å². The van der Waals surface area contributed by atoms with Crippen molar-refractivity contribution in [3.05, 3.63) is 52.0 Å². The van der Waals surface area contributed by atoms with Crippen molar-refractivity contribution in [3.8, 4) is 0 Å². The number of nitro benzene ring substituents is 1. The first-order valence-electron chi connectivity index (χ1n) is 8.98. The number of hydrogen-bond acceptors (Lipinski definition) is 10. The fraction of sp³-hybridized carbons (Fsp3) is 0.278. The van der Waals surface area contributed by atoms with Crippen LogP contribution < -0.4 is 5.32 Å². The number of nitrogens with zero attached hydrogens (tertiary/aromatic N) is 5. The molecule has 0 radical (unpaired) electrons. The first kappa shape index (κ1) is 22.0. The SMILES string of the molecule is CC(C)c1cc(NC(=O)COC(=O)c2ccc(Sc3nncn3C)c([N+](=O)[O-])c2)on1. The number of esters is 1. The molecule has 0 spiro atoms. The van der Waals surface area contributed by atoms with Crippen LogP contribution in [-0.2, 0) is 16.6 Å². The van der Waals surface area contributed by atoms with E-state index in [0.717, 1.165) is 17.8 Å². The standard InChI is InChI=1S/C18H18N6O6S/c1-10(2)12-7-16(30-22-12)20-15(25)8-29-17(26)11-4-5-14(13(6-11)24(27)28)31-18-21-19-9-23(18)3/h4-7,9-10H,8H2,1-3H3,(H,20,25). The summed E-state index contributed by atoms with van der Waals surface area (Å²) in [6, 6.07) is 5.44. The van der Waals surface area contributed by atoms with Gasteiger partial charge in [-0.1, -0.05) is 19.0 Å². The first-order valence-corrected chi connectivity index (χ1v) is 9.80. The molecule has 1 aromatic carbocycles. The van der Waals surface area contributed by atoms with Crippen molar-refractivity contribution in [1.29, 1.82) is 0 Å². The highest BCUT2D eigenvalue weighted by molar-refractivity contribution is 7.99. The lowest BCUT2D eigenvalue weighted by Gasteiger charge is -2.06. The number of aryl methyl sites for hydroxylation is 1. The third-order valence-electron chi connectivity index (χ3n) is 3.98. The number of nitro groups is 1. The zero-order chi connectivity index (χ0) is 22.5. The molecule has 162 valence electrons. The fourth-order valence-electron chi connectivity index (χ4n) is 2.34. The average molecular weight is 446 g/mol. The van der Waals surface area contributed by atoms with Gasteiger partial charge in [0.05, 0.1) is 21.1 Å². The van der Waals surface area contributed by atoms with Crippen LogP contribution in [-0.4, -0.2) is 43.3 Å². The Balaban J connectivity index is 1.64. The smallest absolute Gasteiger partial charge is 0.338 e. The third-order valence-corrected chi connectivity index (χ3v) is 5.10. The Morgan fingerprint density at radius 2 is 2.13 bits per heavy atom. The van der Waals surface area contributed by atoms with Crippen molar-refractivity contribution in [1.82, 2.24) is 19.9 Å². The minimum absolute atomic E-state index is 0.0661. The number of carbonyl (C=O) groups is 2. The summed E-state index contributed by atoms with van der Waals surface area (Å²) in [7, 11) is 1.70. The van der Waals surface area contributed by atoms with Gasteiger partial charge in [0.1, 0.15) is 6.33 Å². The van der Waals surface area contributed by atoms with Crippen LogP contribution in [0.2, 0.25) is 0 Å². The van der Waals surface area contributed by atoms with Gasteiger partial charge in [-0.05, 0) is 29.8 Å². The van der Waals surface area contributed by atoms with Crippen LogP contribution in [0.4, 0.5) is 11.6 Å². The number of hydrogen-bond donors (Lipinski definition) is 1.